The van der Waals surface area contributed by atoms with Gasteiger partial charge in [-0.2, -0.15) is 5.26 Å². The Morgan fingerprint density at radius 1 is 1.60 bits per heavy atom. The third-order valence-corrected chi connectivity index (χ3v) is 2.11. The third-order valence-electron chi connectivity index (χ3n) is 2.11. The molecule has 78 valence electrons. The highest BCUT2D eigenvalue weighted by Crippen LogP contribution is 2.26. The van der Waals surface area contributed by atoms with Crippen LogP contribution in [0.5, 0.6) is 5.75 Å². The van der Waals surface area contributed by atoms with Crippen molar-refractivity contribution in [3.63, 3.8) is 0 Å². The molecule has 0 unspecified atom stereocenters. The van der Waals surface area contributed by atoms with Gasteiger partial charge in [0.25, 0.3) is 0 Å². The summed E-state index contributed by atoms with van der Waals surface area (Å²) in [5.41, 5.74) is 1.70. The van der Waals surface area contributed by atoms with Crippen LogP contribution >= 0.6 is 0 Å². The first-order chi connectivity index (χ1) is 7.10. The van der Waals surface area contributed by atoms with Crippen LogP contribution in [0.15, 0.2) is 12.1 Å². The van der Waals surface area contributed by atoms with Crippen LogP contribution in [-0.4, -0.2) is 18.2 Å². The molecule has 0 aliphatic carbocycles. The maximum Gasteiger partial charge on any atom is 0.307 e. The number of hydrogen-bond acceptors (Lipinski definition) is 3. The summed E-state index contributed by atoms with van der Waals surface area (Å²) in [4.78, 5) is 10.6. The lowest BCUT2D eigenvalue weighted by Crippen LogP contribution is -2.04. The number of carboxylic acids is 1. The number of aryl methyl sites for hydroxylation is 1. The van der Waals surface area contributed by atoms with E-state index in [0.29, 0.717) is 16.9 Å². The maximum absolute atomic E-state index is 10.6. The van der Waals surface area contributed by atoms with Crippen LogP contribution in [-0.2, 0) is 11.2 Å². The van der Waals surface area contributed by atoms with E-state index in [1.807, 2.05) is 6.07 Å². The zero-order valence-corrected chi connectivity index (χ0v) is 8.57. The third kappa shape index (κ3) is 2.26. The number of hydrogen-bond donors (Lipinski definition) is 1. The predicted octanol–water partition coefficient (Wildman–Crippen LogP) is 1.50. The van der Waals surface area contributed by atoms with E-state index in [0.717, 1.165) is 5.56 Å². The normalized spacial score (nSPS) is 9.40. The lowest BCUT2D eigenvalue weighted by Gasteiger charge is -2.10. The quantitative estimate of drug-likeness (QED) is 0.811. The Bertz CT molecular complexity index is 432. The largest absolute Gasteiger partial charge is 0.495 e. The molecule has 0 atom stereocenters. The van der Waals surface area contributed by atoms with Crippen molar-refractivity contribution in [2.75, 3.05) is 7.11 Å². The first-order valence-corrected chi connectivity index (χ1v) is 4.38. The van der Waals surface area contributed by atoms with Crippen molar-refractivity contribution in [1.29, 1.82) is 5.26 Å². The number of methoxy groups -OCH3 is 1. The van der Waals surface area contributed by atoms with Crippen LogP contribution < -0.4 is 4.74 Å². The molecule has 0 heterocycles. The lowest BCUT2D eigenvalue weighted by atomic mass is 10.0. The van der Waals surface area contributed by atoms with Gasteiger partial charge in [-0.05, 0) is 12.5 Å². The van der Waals surface area contributed by atoms with Crippen LogP contribution in [0.2, 0.25) is 0 Å². The monoisotopic (exact) mass is 205 g/mol. The van der Waals surface area contributed by atoms with Gasteiger partial charge in [-0.1, -0.05) is 12.1 Å². The molecule has 4 nitrogen and oxygen atoms in total. The molecule has 0 aromatic heterocycles. The molecule has 0 saturated heterocycles. The van der Waals surface area contributed by atoms with E-state index in [-0.39, 0.29) is 6.42 Å². The maximum atomic E-state index is 10.6. The number of aliphatic carboxylic acids is 1. The van der Waals surface area contributed by atoms with Gasteiger partial charge in [-0.15, -0.1) is 0 Å². The highest BCUT2D eigenvalue weighted by molar-refractivity contribution is 5.72. The average Bonchev–Trinajstić information content (AvgIpc) is 2.19. The van der Waals surface area contributed by atoms with Crippen molar-refractivity contribution in [3.05, 3.63) is 28.8 Å². The molecule has 1 aromatic carbocycles. The van der Waals surface area contributed by atoms with Gasteiger partial charge in [0.05, 0.1) is 19.1 Å². The van der Waals surface area contributed by atoms with Crippen molar-refractivity contribution < 1.29 is 14.6 Å². The smallest absolute Gasteiger partial charge is 0.307 e. The number of ether oxygens (including phenoxy) is 1. The zero-order valence-electron chi connectivity index (χ0n) is 8.57. The molecule has 4 heteroatoms. The van der Waals surface area contributed by atoms with Gasteiger partial charge in [0.2, 0.25) is 0 Å². The van der Waals surface area contributed by atoms with Crippen molar-refractivity contribution >= 4 is 5.97 Å². The summed E-state index contributed by atoms with van der Waals surface area (Å²) >= 11 is 0. The van der Waals surface area contributed by atoms with Gasteiger partial charge >= 0.3 is 5.97 Å². The first-order valence-electron chi connectivity index (χ1n) is 4.38. The molecule has 0 amide bonds. The summed E-state index contributed by atoms with van der Waals surface area (Å²) in [6.45, 7) is 1.78. The fraction of sp³-hybridized carbons (Fsp3) is 0.273. The summed E-state index contributed by atoms with van der Waals surface area (Å²) in [7, 11) is 1.43. The molecule has 15 heavy (non-hydrogen) atoms. The van der Waals surface area contributed by atoms with Crippen LogP contribution in [0, 0.1) is 18.3 Å². The Kier molecular flexibility index (Phi) is 3.29. The van der Waals surface area contributed by atoms with E-state index in [1.165, 1.54) is 7.11 Å². The first kappa shape index (κ1) is 11.1. The molecule has 1 rings (SSSR count). The van der Waals surface area contributed by atoms with Gasteiger partial charge in [0.15, 0.2) is 0 Å². The van der Waals surface area contributed by atoms with Crippen LogP contribution in [0.3, 0.4) is 0 Å². The van der Waals surface area contributed by atoms with Crippen molar-refractivity contribution in [2.45, 2.75) is 13.3 Å². The molecular formula is C11H11NO3. The number of benzene rings is 1. The highest BCUT2D eigenvalue weighted by atomic mass is 16.5. The molecule has 0 spiro atoms. The number of nitriles is 1. The molecule has 0 radical (unpaired) electrons. The van der Waals surface area contributed by atoms with E-state index in [4.69, 9.17) is 15.1 Å². The molecule has 0 fully saturated rings. The standard InChI is InChI=1S/C11H11NO3/c1-7-3-4-8(5-10(13)14)11(15-2)9(7)6-12/h3-4H,5H2,1-2H3,(H,13,14). The number of carboxylic acid groups (broad SMARTS) is 1. The Hall–Kier alpha value is -2.02. The molecule has 0 bridgehead atoms. The second kappa shape index (κ2) is 4.47. The van der Waals surface area contributed by atoms with Crippen LogP contribution in [0.25, 0.3) is 0 Å². The predicted molar refractivity (Wildman–Crippen MR) is 53.8 cm³/mol. The lowest BCUT2D eigenvalue weighted by molar-refractivity contribution is -0.136. The van der Waals surface area contributed by atoms with Crippen LogP contribution in [0.4, 0.5) is 0 Å². The molecule has 0 aliphatic heterocycles. The average molecular weight is 205 g/mol. The van der Waals surface area contributed by atoms with E-state index in [1.54, 1.807) is 19.1 Å². The Balaban J connectivity index is 3.30. The van der Waals surface area contributed by atoms with Crippen LogP contribution in [0.1, 0.15) is 16.7 Å². The van der Waals surface area contributed by atoms with E-state index >= 15 is 0 Å². The molecular weight excluding hydrogens is 194 g/mol. The second-order valence-corrected chi connectivity index (χ2v) is 3.13. The second-order valence-electron chi connectivity index (χ2n) is 3.13. The minimum atomic E-state index is -0.943. The Labute approximate surface area is 87.7 Å². The number of rotatable bonds is 3. The van der Waals surface area contributed by atoms with Crippen molar-refractivity contribution in [2.24, 2.45) is 0 Å². The van der Waals surface area contributed by atoms with E-state index in [2.05, 4.69) is 0 Å². The topological polar surface area (TPSA) is 70.3 Å². The Morgan fingerprint density at radius 2 is 2.27 bits per heavy atom. The fourth-order valence-electron chi connectivity index (χ4n) is 1.40. The Morgan fingerprint density at radius 3 is 2.73 bits per heavy atom. The fourth-order valence-corrected chi connectivity index (χ4v) is 1.40. The molecule has 1 N–H and O–H groups in total. The van der Waals surface area contributed by atoms with Crippen molar-refractivity contribution in [3.8, 4) is 11.8 Å². The van der Waals surface area contributed by atoms with E-state index < -0.39 is 5.97 Å². The summed E-state index contributed by atoms with van der Waals surface area (Å²) in [6.07, 6.45) is -0.141. The molecule has 0 aliphatic rings. The molecule has 1 aromatic rings. The SMILES string of the molecule is COc1c(CC(=O)O)ccc(C)c1C#N. The zero-order chi connectivity index (χ0) is 11.4. The minimum absolute atomic E-state index is 0.141. The van der Waals surface area contributed by atoms with E-state index in [9.17, 15) is 4.79 Å². The van der Waals surface area contributed by atoms with Gasteiger partial charge in [0, 0.05) is 5.56 Å². The summed E-state index contributed by atoms with van der Waals surface area (Å²) in [5.74, 6) is -0.582. The summed E-state index contributed by atoms with van der Waals surface area (Å²) in [5, 5.41) is 17.6. The highest BCUT2D eigenvalue weighted by Gasteiger charge is 2.13. The van der Waals surface area contributed by atoms with Gasteiger partial charge in [-0.3, -0.25) is 4.79 Å². The minimum Gasteiger partial charge on any atom is -0.495 e. The van der Waals surface area contributed by atoms with Crippen molar-refractivity contribution in [1.82, 2.24) is 0 Å². The molecule has 0 saturated carbocycles. The summed E-state index contributed by atoms with van der Waals surface area (Å²) in [6, 6.07) is 5.40. The van der Waals surface area contributed by atoms with Gasteiger partial charge in [-0.25, -0.2) is 0 Å². The van der Waals surface area contributed by atoms with Gasteiger partial charge in [0.1, 0.15) is 11.8 Å². The number of nitrogens with zero attached hydrogens (tertiary/aromatic N) is 1. The van der Waals surface area contributed by atoms with Gasteiger partial charge < -0.3 is 9.84 Å². The number of carbonyl (C=O) groups is 1. The summed E-state index contributed by atoms with van der Waals surface area (Å²) < 4.78 is 5.06.